The van der Waals surface area contributed by atoms with E-state index in [1.165, 1.54) is 12.4 Å². The highest BCUT2D eigenvalue weighted by atomic mass is 16.5. The van der Waals surface area contributed by atoms with Crippen molar-refractivity contribution < 1.29 is 14.3 Å². The fourth-order valence-electron chi connectivity index (χ4n) is 2.62. The quantitative estimate of drug-likeness (QED) is 0.671. The summed E-state index contributed by atoms with van der Waals surface area (Å²) in [5.41, 5.74) is 3.96. The van der Waals surface area contributed by atoms with Crippen LogP contribution in [-0.4, -0.2) is 30.1 Å². The van der Waals surface area contributed by atoms with Crippen LogP contribution in [0.4, 0.5) is 17.3 Å². The fourth-order valence-corrected chi connectivity index (χ4v) is 2.62. The number of aryl methyl sites for hydroxylation is 2. The van der Waals surface area contributed by atoms with Crippen LogP contribution in [0.2, 0.25) is 0 Å². The minimum atomic E-state index is -0.258. The molecule has 0 bridgehead atoms. The average Bonchev–Trinajstić information content (AvgIpc) is 2.71. The van der Waals surface area contributed by atoms with E-state index in [0.29, 0.717) is 23.0 Å². The van der Waals surface area contributed by atoms with Gasteiger partial charge in [0.25, 0.3) is 5.91 Å². The number of hydrogen-bond acceptors (Lipinski definition) is 6. The standard InChI is InChI=1S/C21H22N4O3/c1-13-5-6-14(2)17(9-13)25-20(26)15-11-22-21(23-12-15)24-16-7-8-18(27-3)19(10-16)28-4/h5-12H,1-4H3,(H,25,26)(H,22,23,24). The molecule has 28 heavy (non-hydrogen) atoms. The lowest BCUT2D eigenvalue weighted by Gasteiger charge is -2.11. The first-order chi connectivity index (χ1) is 13.5. The van der Waals surface area contributed by atoms with Gasteiger partial charge in [-0.2, -0.15) is 0 Å². The molecule has 1 aromatic heterocycles. The highest BCUT2D eigenvalue weighted by molar-refractivity contribution is 6.04. The van der Waals surface area contributed by atoms with Gasteiger partial charge in [-0.15, -0.1) is 0 Å². The van der Waals surface area contributed by atoms with Gasteiger partial charge in [0.15, 0.2) is 11.5 Å². The number of nitrogens with one attached hydrogen (secondary N) is 2. The van der Waals surface area contributed by atoms with Crippen molar-refractivity contribution in [1.29, 1.82) is 0 Å². The van der Waals surface area contributed by atoms with Crippen LogP contribution in [-0.2, 0) is 0 Å². The number of hydrogen-bond donors (Lipinski definition) is 2. The van der Waals surface area contributed by atoms with E-state index >= 15 is 0 Å². The number of ether oxygens (including phenoxy) is 2. The number of carbonyl (C=O) groups is 1. The second kappa shape index (κ2) is 8.39. The van der Waals surface area contributed by atoms with Crippen LogP contribution in [0.3, 0.4) is 0 Å². The van der Waals surface area contributed by atoms with Gasteiger partial charge in [-0.3, -0.25) is 4.79 Å². The number of aromatic nitrogens is 2. The predicted octanol–water partition coefficient (Wildman–Crippen LogP) is 4.11. The molecular weight excluding hydrogens is 356 g/mol. The van der Waals surface area contributed by atoms with Crippen molar-refractivity contribution in [1.82, 2.24) is 9.97 Å². The highest BCUT2D eigenvalue weighted by Gasteiger charge is 2.10. The number of methoxy groups -OCH3 is 2. The van der Waals surface area contributed by atoms with Crippen LogP contribution in [0, 0.1) is 13.8 Å². The van der Waals surface area contributed by atoms with Crippen molar-refractivity contribution in [3.05, 3.63) is 65.5 Å². The Hall–Kier alpha value is -3.61. The Bertz CT molecular complexity index is 987. The topological polar surface area (TPSA) is 85.4 Å². The fraction of sp³-hybridized carbons (Fsp3) is 0.190. The van der Waals surface area contributed by atoms with Crippen molar-refractivity contribution in [2.75, 3.05) is 24.9 Å². The molecule has 7 nitrogen and oxygen atoms in total. The van der Waals surface area contributed by atoms with Crippen molar-refractivity contribution >= 4 is 23.2 Å². The lowest BCUT2D eigenvalue weighted by atomic mass is 10.1. The third-order valence-corrected chi connectivity index (χ3v) is 4.19. The van der Waals surface area contributed by atoms with Crippen molar-refractivity contribution in [3.8, 4) is 11.5 Å². The van der Waals surface area contributed by atoms with Gasteiger partial charge in [0.05, 0.1) is 19.8 Å². The Morgan fingerprint density at radius 2 is 1.64 bits per heavy atom. The van der Waals surface area contributed by atoms with E-state index in [9.17, 15) is 4.79 Å². The van der Waals surface area contributed by atoms with Crippen LogP contribution in [0.25, 0.3) is 0 Å². The molecule has 1 amide bonds. The zero-order valence-electron chi connectivity index (χ0n) is 16.2. The molecule has 0 unspecified atom stereocenters. The number of amides is 1. The van der Waals surface area contributed by atoms with Crippen LogP contribution in [0.15, 0.2) is 48.8 Å². The summed E-state index contributed by atoms with van der Waals surface area (Å²) in [5, 5.41) is 5.97. The van der Waals surface area contributed by atoms with Crippen LogP contribution in [0.1, 0.15) is 21.5 Å². The summed E-state index contributed by atoms with van der Waals surface area (Å²) >= 11 is 0. The highest BCUT2D eigenvalue weighted by Crippen LogP contribution is 2.30. The van der Waals surface area contributed by atoms with E-state index in [1.807, 2.05) is 38.1 Å². The molecular formula is C21H22N4O3. The van der Waals surface area contributed by atoms with Gasteiger partial charge in [-0.1, -0.05) is 12.1 Å². The molecule has 2 N–H and O–H groups in total. The molecule has 0 atom stereocenters. The first-order valence-corrected chi connectivity index (χ1v) is 8.70. The maximum absolute atomic E-state index is 12.5. The Balaban J connectivity index is 1.71. The lowest BCUT2D eigenvalue weighted by molar-refractivity contribution is 0.102. The predicted molar refractivity (Wildman–Crippen MR) is 109 cm³/mol. The Morgan fingerprint density at radius 1 is 0.929 bits per heavy atom. The summed E-state index contributed by atoms with van der Waals surface area (Å²) in [7, 11) is 3.15. The minimum Gasteiger partial charge on any atom is -0.493 e. The molecule has 2 aromatic carbocycles. The molecule has 0 fully saturated rings. The van der Waals surface area contributed by atoms with Crippen LogP contribution >= 0.6 is 0 Å². The van der Waals surface area contributed by atoms with Crippen LogP contribution < -0.4 is 20.1 Å². The molecule has 0 aliphatic rings. The van der Waals surface area contributed by atoms with E-state index < -0.39 is 0 Å². The monoisotopic (exact) mass is 378 g/mol. The molecule has 0 aliphatic carbocycles. The SMILES string of the molecule is COc1ccc(Nc2ncc(C(=O)Nc3cc(C)ccc3C)cn2)cc1OC. The first-order valence-electron chi connectivity index (χ1n) is 8.70. The zero-order chi connectivity index (χ0) is 20.1. The Labute approximate surface area is 163 Å². The van der Waals surface area contributed by atoms with E-state index in [2.05, 4.69) is 20.6 Å². The van der Waals surface area contributed by atoms with Gasteiger partial charge in [0, 0.05) is 29.8 Å². The van der Waals surface area contributed by atoms with E-state index in [0.717, 1.165) is 22.5 Å². The van der Waals surface area contributed by atoms with Gasteiger partial charge < -0.3 is 20.1 Å². The van der Waals surface area contributed by atoms with Crippen LogP contribution in [0.5, 0.6) is 11.5 Å². The number of benzene rings is 2. The second-order valence-corrected chi connectivity index (χ2v) is 6.26. The summed E-state index contributed by atoms with van der Waals surface area (Å²) in [4.78, 5) is 20.9. The summed E-state index contributed by atoms with van der Waals surface area (Å²) in [6, 6.07) is 11.3. The lowest BCUT2D eigenvalue weighted by Crippen LogP contribution is -2.14. The molecule has 0 spiro atoms. The van der Waals surface area contributed by atoms with Crippen molar-refractivity contribution in [2.24, 2.45) is 0 Å². The molecule has 1 heterocycles. The third kappa shape index (κ3) is 4.37. The molecule has 7 heteroatoms. The largest absolute Gasteiger partial charge is 0.493 e. The molecule has 3 rings (SSSR count). The summed E-state index contributed by atoms with van der Waals surface area (Å²) < 4.78 is 10.5. The van der Waals surface area contributed by atoms with Gasteiger partial charge in [0.1, 0.15) is 0 Å². The third-order valence-electron chi connectivity index (χ3n) is 4.19. The zero-order valence-corrected chi connectivity index (χ0v) is 16.2. The number of carbonyl (C=O) groups excluding carboxylic acids is 1. The smallest absolute Gasteiger partial charge is 0.258 e. The van der Waals surface area contributed by atoms with E-state index in [-0.39, 0.29) is 5.91 Å². The number of anilines is 3. The molecule has 0 aliphatic heterocycles. The maximum atomic E-state index is 12.5. The normalized spacial score (nSPS) is 10.3. The molecule has 0 saturated heterocycles. The minimum absolute atomic E-state index is 0.258. The average molecular weight is 378 g/mol. The van der Waals surface area contributed by atoms with Crippen molar-refractivity contribution in [3.63, 3.8) is 0 Å². The Kier molecular flexibility index (Phi) is 5.74. The van der Waals surface area contributed by atoms with Gasteiger partial charge >= 0.3 is 0 Å². The van der Waals surface area contributed by atoms with Gasteiger partial charge in [-0.25, -0.2) is 9.97 Å². The number of nitrogens with zero attached hydrogens (tertiary/aromatic N) is 2. The summed E-state index contributed by atoms with van der Waals surface area (Å²) in [6.07, 6.45) is 2.97. The summed E-state index contributed by atoms with van der Waals surface area (Å²) in [6.45, 7) is 3.93. The van der Waals surface area contributed by atoms with E-state index in [1.54, 1.807) is 26.4 Å². The maximum Gasteiger partial charge on any atom is 0.258 e. The van der Waals surface area contributed by atoms with Gasteiger partial charge in [-0.05, 0) is 43.2 Å². The molecule has 144 valence electrons. The molecule has 3 aromatic rings. The molecule has 0 radical (unpaired) electrons. The first kappa shape index (κ1) is 19.2. The van der Waals surface area contributed by atoms with E-state index in [4.69, 9.17) is 9.47 Å². The van der Waals surface area contributed by atoms with Crippen molar-refractivity contribution in [2.45, 2.75) is 13.8 Å². The molecule has 0 saturated carbocycles. The van der Waals surface area contributed by atoms with Gasteiger partial charge in [0.2, 0.25) is 5.95 Å². The second-order valence-electron chi connectivity index (χ2n) is 6.26. The number of rotatable bonds is 6. The summed E-state index contributed by atoms with van der Waals surface area (Å²) in [5.74, 6) is 1.34. The Morgan fingerprint density at radius 3 is 2.32 bits per heavy atom.